The van der Waals surface area contributed by atoms with E-state index in [2.05, 4.69) is 15.5 Å². The highest BCUT2D eigenvalue weighted by atomic mass is 32.2. The fraction of sp³-hybridized carbons (Fsp3) is 0.556. The lowest BCUT2D eigenvalue weighted by atomic mass is 10.4. The molecule has 7 nitrogen and oxygen atoms in total. The van der Waals surface area contributed by atoms with Crippen LogP contribution < -0.4 is 10.9 Å². The predicted molar refractivity (Wildman–Crippen MR) is 61.7 cm³/mol. The predicted octanol–water partition coefficient (Wildman–Crippen LogP) is -1.00. The van der Waals surface area contributed by atoms with Crippen LogP contribution in [-0.2, 0) is 14.6 Å². The molecule has 1 aromatic rings. The molecule has 0 spiro atoms. The molecule has 8 heteroatoms. The van der Waals surface area contributed by atoms with E-state index in [0.29, 0.717) is 5.69 Å². The van der Waals surface area contributed by atoms with Gasteiger partial charge >= 0.3 is 0 Å². The molecule has 2 N–H and O–H groups in total. The zero-order chi connectivity index (χ0) is 12.3. The maximum Gasteiger partial charge on any atom is 0.266 e. The summed E-state index contributed by atoms with van der Waals surface area (Å²) in [5.74, 6) is 0.0486. The molecule has 2 heterocycles. The molecule has 1 saturated heterocycles. The van der Waals surface area contributed by atoms with E-state index in [1.165, 1.54) is 12.3 Å². The van der Waals surface area contributed by atoms with Gasteiger partial charge in [0.15, 0.2) is 9.84 Å². The van der Waals surface area contributed by atoms with Gasteiger partial charge in [-0.15, -0.1) is 0 Å². The van der Waals surface area contributed by atoms with Crippen LogP contribution in [0.2, 0.25) is 0 Å². The van der Waals surface area contributed by atoms with Crippen molar-refractivity contribution in [2.75, 3.05) is 30.8 Å². The molecule has 1 fully saturated rings. The first kappa shape index (κ1) is 12.1. The van der Waals surface area contributed by atoms with Gasteiger partial charge in [0.1, 0.15) is 5.25 Å². The van der Waals surface area contributed by atoms with Crippen molar-refractivity contribution in [3.63, 3.8) is 0 Å². The highest BCUT2D eigenvalue weighted by Gasteiger charge is 2.29. The summed E-state index contributed by atoms with van der Waals surface area (Å²) in [6.45, 7) is 0.658. The van der Waals surface area contributed by atoms with Crippen molar-refractivity contribution in [1.29, 1.82) is 0 Å². The second kappa shape index (κ2) is 4.84. The molecule has 0 unspecified atom stereocenters. The van der Waals surface area contributed by atoms with Crippen LogP contribution in [0.3, 0.4) is 0 Å². The molecule has 2 rings (SSSR count). The summed E-state index contributed by atoms with van der Waals surface area (Å²) in [6, 6.07) is 1.32. The van der Waals surface area contributed by atoms with Crippen LogP contribution in [0.5, 0.6) is 0 Å². The minimum atomic E-state index is -3.10. The number of hydrogen-bond acceptors (Lipinski definition) is 6. The van der Waals surface area contributed by atoms with Crippen LogP contribution in [0.1, 0.15) is 0 Å². The lowest BCUT2D eigenvalue weighted by molar-refractivity contribution is 0.140. The second-order valence-electron chi connectivity index (χ2n) is 3.78. The van der Waals surface area contributed by atoms with Crippen molar-refractivity contribution in [3.05, 3.63) is 22.6 Å². The zero-order valence-electron chi connectivity index (χ0n) is 9.05. The Bertz CT molecular complexity index is 539. The number of ether oxygens (including phenoxy) is 1. The quantitative estimate of drug-likeness (QED) is 0.721. The topological polar surface area (TPSA) is 101 Å². The highest BCUT2D eigenvalue weighted by molar-refractivity contribution is 7.92. The number of rotatable bonds is 3. The maximum absolute atomic E-state index is 11.7. The summed E-state index contributed by atoms with van der Waals surface area (Å²) in [7, 11) is -3.10. The van der Waals surface area contributed by atoms with Gasteiger partial charge in [-0.3, -0.25) is 4.79 Å². The van der Waals surface area contributed by atoms with Gasteiger partial charge in [0, 0.05) is 12.6 Å². The van der Waals surface area contributed by atoms with E-state index in [4.69, 9.17) is 4.74 Å². The summed E-state index contributed by atoms with van der Waals surface area (Å²) in [6.07, 6.45) is 1.43. The van der Waals surface area contributed by atoms with E-state index in [1.807, 2.05) is 0 Å². The third-order valence-electron chi connectivity index (χ3n) is 2.52. The zero-order valence-corrected chi connectivity index (χ0v) is 9.87. The number of aromatic amines is 1. The summed E-state index contributed by atoms with van der Waals surface area (Å²) < 4.78 is 28.5. The van der Waals surface area contributed by atoms with Gasteiger partial charge < -0.3 is 10.1 Å². The Labute approximate surface area is 98.1 Å². The molecule has 0 aliphatic carbocycles. The molecule has 0 saturated carbocycles. The highest BCUT2D eigenvalue weighted by Crippen LogP contribution is 2.10. The van der Waals surface area contributed by atoms with Gasteiger partial charge in [0.05, 0.1) is 30.9 Å². The van der Waals surface area contributed by atoms with E-state index in [1.54, 1.807) is 0 Å². The molecule has 1 atom stereocenters. The van der Waals surface area contributed by atoms with Crippen molar-refractivity contribution in [2.24, 2.45) is 0 Å². The van der Waals surface area contributed by atoms with E-state index in [0.717, 1.165) is 0 Å². The molecular weight excluding hydrogens is 246 g/mol. The van der Waals surface area contributed by atoms with Crippen LogP contribution in [-0.4, -0.2) is 49.4 Å². The van der Waals surface area contributed by atoms with Crippen molar-refractivity contribution in [2.45, 2.75) is 5.25 Å². The number of nitrogens with one attached hydrogen (secondary N) is 2. The van der Waals surface area contributed by atoms with Gasteiger partial charge in [-0.1, -0.05) is 0 Å². The summed E-state index contributed by atoms with van der Waals surface area (Å²) in [5.41, 5.74) is 0.160. The molecule has 0 radical (unpaired) electrons. The lowest BCUT2D eigenvalue weighted by Crippen LogP contribution is -2.40. The third kappa shape index (κ3) is 3.04. The molecule has 0 bridgehead atoms. The largest absolute Gasteiger partial charge is 0.382 e. The Morgan fingerprint density at radius 2 is 2.41 bits per heavy atom. The number of hydrogen-bond donors (Lipinski definition) is 2. The van der Waals surface area contributed by atoms with Crippen molar-refractivity contribution >= 4 is 15.5 Å². The van der Waals surface area contributed by atoms with E-state index in [-0.39, 0.29) is 31.1 Å². The fourth-order valence-electron chi connectivity index (χ4n) is 1.55. The Hall–Kier alpha value is -1.41. The van der Waals surface area contributed by atoms with Crippen LogP contribution in [0.4, 0.5) is 5.69 Å². The molecule has 0 amide bonds. The molecule has 1 aromatic heterocycles. The Morgan fingerprint density at radius 1 is 1.59 bits per heavy atom. The van der Waals surface area contributed by atoms with Crippen molar-refractivity contribution < 1.29 is 13.2 Å². The summed E-state index contributed by atoms with van der Waals surface area (Å²) in [4.78, 5) is 11.0. The number of nitrogens with zero attached hydrogens (tertiary/aromatic N) is 1. The van der Waals surface area contributed by atoms with Gasteiger partial charge in [0.25, 0.3) is 5.56 Å². The lowest BCUT2D eigenvalue weighted by Gasteiger charge is -2.22. The summed E-state index contributed by atoms with van der Waals surface area (Å²) >= 11 is 0. The van der Waals surface area contributed by atoms with E-state index >= 15 is 0 Å². The number of sulfone groups is 1. The maximum atomic E-state index is 11.7. The van der Waals surface area contributed by atoms with Crippen LogP contribution in [0.15, 0.2) is 17.1 Å². The first-order chi connectivity index (χ1) is 8.08. The van der Waals surface area contributed by atoms with Crippen molar-refractivity contribution in [1.82, 2.24) is 10.2 Å². The Morgan fingerprint density at radius 3 is 3.12 bits per heavy atom. The Balaban J connectivity index is 2.00. The smallest absolute Gasteiger partial charge is 0.266 e. The molecule has 17 heavy (non-hydrogen) atoms. The second-order valence-corrected chi connectivity index (χ2v) is 6.18. The number of aromatic nitrogens is 2. The average molecular weight is 259 g/mol. The molecular formula is C9H13N3O4S. The van der Waals surface area contributed by atoms with Gasteiger partial charge in [-0.25, -0.2) is 13.5 Å². The van der Waals surface area contributed by atoms with Crippen molar-refractivity contribution in [3.8, 4) is 0 Å². The normalized spacial score (nSPS) is 23.2. The van der Waals surface area contributed by atoms with E-state index in [9.17, 15) is 13.2 Å². The van der Waals surface area contributed by atoms with Crippen LogP contribution >= 0.6 is 0 Å². The first-order valence-corrected chi connectivity index (χ1v) is 6.87. The Kier molecular flexibility index (Phi) is 3.43. The van der Waals surface area contributed by atoms with Crippen LogP contribution in [0, 0.1) is 0 Å². The number of H-pyrrole nitrogens is 1. The van der Waals surface area contributed by atoms with Gasteiger partial charge in [-0.05, 0) is 0 Å². The minimum absolute atomic E-state index is 0.0486. The third-order valence-corrected chi connectivity index (χ3v) is 4.58. The first-order valence-electron chi connectivity index (χ1n) is 5.16. The molecule has 1 aliphatic heterocycles. The molecule has 94 valence electrons. The number of anilines is 1. The van der Waals surface area contributed by atoms with E-state index < -0.39 is 15.1 Å². The fourth-order valence-corrected chi connectivity index (χ4v) is 2.87. The average Bonchev–Trinajstić information content (AvgIpc) is 2.27. The monoisotopic (exact) mass is 259 g/mol. The SMILES string of the molecule is O=c1cc(NC[C@@H]2COCCS2(=O)=O)cn[nH]1. The van der Waals surface area contributed by atoms with Gasteiger partial charge in [-0.2, -0.15) is 5.10 Å². The molecule has 0 aromatic carbocycles. The van der Waals surface area contributed by atoms with Crippen LogP contribution in [0.25, 0.3) is 0 Å². The minimum Gasteiger partial charge on any atom is -0.382 e. The van der Waals surface area contributed by atoms with Gasteiger partial charge in [0.2, 0.25) is 0 Å². The molecule has 1 aliphatic rings. The standard InChI is InChI=1S/C9H13N3O4S/c13-9-3-7(4-11-12-9)10-5-8-6-16-1-2-17(8,14)15/h3-4,8H,1-2,5-6H2,(H2,10,12,13)/t8-/m1/s1. The summed E-state index contributed by atoms with van der Waals surface area (Å²) in [5, 5.41) is 8.14.